The molecule has 4 heterocycles. The zero-order chi connectivity index (χ0) is 32.7. The SMILES string of the molecule is Cc1ncsc1-c1ccc(CNC(=O)C2CCCN2C(=O)C(NC(=O)CCOCCCOC2CC3CCCN3C2)C(C)(C)C)cc1. The van der Waals surface area contributed by atoms with E-state index in [2.05, 4.69) is 20.5 Å². The molecule has 2 N–H and O–H groups in total. The summed E-state index contributed by atoms with van der Waals surface area (Å²) in [7, 11) is 0. The molecular formula is C35H51N5O5S. The lowest BCUT2D eigenvalue weighted by Gasteiger charge is -2.35. The Labute approximate surface area is 277 Å². The molecule has 1 aromatic carbocycles. The number of rotatable bonds is 14. The van der Waals surface area contributed by atoms with Crippen LogP contribution in [0.25, 0.3) is 10.4 Å². The van der Waals surface area contributed by atoms with Crippen molar-refractivity contribution >= 4 is 29.1 Å². The zero-order valence-corrected chi connectivity index (χ0v) is 28.7. The average Bonchev–Trinajstić information content (AvgIpc) is 3.83. The van der Waals surface area contributed by atoms with Crippen molar-refractivity contribution in [3.8, 4) is 10.4 Å². The predicted molar refractivity (Wildman–Crippen MR) is 179 cm³/mol. The highest BCUT2D eigenvalue weighted by molar-refractivity contribution is 7.13. The van der Waals surface area contributed by atoms with Gasteiger partial charge in [0.2, 0.25) is 17.7 Å². The summed E-state index contributed by atoms with van der Waals surface area (Å²) in [6.07, 6.45) is 6.39. The molecule has 11 heteroatoms. The van der Waals surface area contributed by atoms with Gasteiger partial charge in [-0.25, -0.2) is 4.98 Å². The molecule has 2 aromatic rings. The van der Waals surface area contributed by atoms with Gasteiger partial charge < -0.3 is 25.0 Å². The van der Waals surface area contributed by atoms with E-state index in [9.17, 15) is 14.4 Å². The number of nitrogens with one attached hydrogen (secondary N) is 2. The van der Waals surface area contributed by atoms with Gasteiger partial charge in [0.05, 0.1) is 28.8 Å². The number of thiazole rings is 1. The normalized spacial score (nSPS) is 22.2. The number of benzene rings is 1. The van der Waals surface area contributed by atoms with Crippen LogP contribution >= 0.6 is 11.3 Å². The Bertz CT molecular complexity index is 1310. The Kier molecular flexibility index (Phi) is 11.9. The number of ether oxygens (including phenoxy) is 2. The maximum Gasteiger partial charge on any atom is 0.246 e. The number of fused-ring (bicyclic) bond motifs is 1. The first-order valence-electron chi connectivity index (χ1n) is 16.9. The molecule has 0 saturated carbocycles. The van der Waals surface area contributed by atoms with Gasteiger partial charge >= 0.3 is 0 Å². The molecule has 0 bridgehead atoms. The van der Waals surface area contributed by atoms with E-state index in [1.165, 1.54) is 19.4 Å². The van der Waals surface area contributed by atoms with E-state index in [4.69, 9.17) is 9.47 Å². The summed E-state index contributed by atoms with van der Waals surface area (Å²) in [6.45, 7) is 12.4. The largest absolute Gasteiger partial charge is 0.381 e. The number of hydrogen-bond acceptors (Lipinski definition) is 8. The summed E-state index contributed by atoms with van der Waals surface area (Å²) >= 11 is 1.61. The maximum absolute atomic E-state index is 13.8. The highest BCUT2D eigenvalue weighted by Gasteiger charge is 2.42. The molecule has 3 aliphatic rings. The van der Waals surface area contributed by atoms with Crippen molar-refractivity contribution in [2.24, 2.45) is 5.41 Å². The second kappa shape index (κ2) is 15.8. The Morgan fingerprint density at radius 3 is 2.57 bits per heavy atom. The number of carbonyl (C=O) groups is 3. The smallest absolute Gasteiger partial charge is 0.246 e. The molecule has 46 heavy (non-hydrogen) atoms. The van der Waals surface area contributed by atoms with Crippen LogP contribution in [-0.4, -0.2) is 96.2 Å². The lowest BCUT2D eigenvalue weighted by Crippen LogP contribution is -2.57. The van der Waals surface area contributed by atoms with Crippen LogP contribution in [0.2, 0.25) is 0 Å². The lowest BCUT2D eigenvalue weighted by atomic mass is 9.85. The number of aryl methyl sites for hydroxylation is 1. The van der Waals surface area contributed by atoms with Crippen molar-refractivity contribution in [3.63, 3.8) is 0 Å². The fourth-order valence-electron chi connectivity index (χ4n) is 6.85. The van der Waals surface area contributed by atoms with Gasteiger partial charge in [-0.15, -0.1) is 11.3 Å². The molecular weight excluding hydrogens is 602 g/mol. The second-order valence-corrected chi connectivity index (χ2v) is 14.8. The van der Waals surface area contributed by atoms with Crippen LogP contribution in [-0.2, 0) is 30.4 Å². The fraction of sp³-hybridized carbons (Fsp3) is 0.657. The number of nitrogens with zero attached hydrogens (tertiary/aromatic N) is 3. The molecule has 0 radical (unpaired) electrons. The number of carbonyl (C=O) groups excluding carboxylic acids is 3. The first-order chi connectivity index (χ1) is 22.1. The number of amides is 3. The molecule has 3 amide bonds. The molecule has 4 atom stereocenters. The molecule has 5 rings (SSSR count). The van der Waals surface area contributed by atoms with Crippen LogP contribution in [0.1, 0.15) is 77.0 Å². The summed E-state index contributed by atoms with van der Waals surface area (Å²) in [4.78, 5) is 49.6. The minimum absolute atomic E-state index is 0.169. The molecule has 4 unspecified atom stereocenters. The van der Waals surface area contributed by atoms with E-state index < -0.39 is 17.5 Å². The molecule has 0 aliphatic carbocycles. The Morgan fingerprint density at radius 2 is 1.85 bits per heavy atom. The Morgan fingerprint density at radius 1 is 1.07 bits per heavy atom. The molecule has 10 nitrogen and oxygen atoms in total. The van der Waals surface area contributed by atoms with Crippen molar-refractivity contribution in [2.45, 2.75) is 103 Å². The highest BCUT2D eigenvalue weighted by Crippen LogP contribution is 2.30. The monoisotopic (exact) mass is 653 g/mol. The van der Waals surface area contributed by atoms with Crippen LogP contribution in [0, 0.1) is 12.3 Å². The van der Waals surface area contributed by atoms with Gasteiger partial charge in [0.25, 0.3) is 0 Å². The average molecular weight is 654 g/mol. The van der Waals surface area contributed by atoms with Gasteiger partial charge in [0.1, 0.15) is 12.1 Å². The third-order valence-corrected chi connectivity index (χ3v) is 10.4. The van der Waals surface area contributed by atoms with Gasteiger partial charge in [0, 0.05) is 45.3 Å². The van der Waals surface area contributed by atoms with Crippen molar-refractivity contribution in [3.05, 3.63) is 41.0 Å². The van der Waals surface area contributed by atoms with E-state index in [0.29, 0.717) is 44.9 Å². The van der Waals surface area contributed by atoms with Crippen LogP contribution in [0.4, 0.5) is 0 Å². The summed E-state index contributed by atoms with van der Waals surface area (Å²) in [6, 6.07) is 7.52. The molecule has 252 valence electrons. The second-order valence-electron chi connectivity index (χ2n) is 14.0. The first kappa shape index (κ1) is 34.5. The third kappa shape index (κ3) is 8.93. The molecule has 1 aromatic heterocycles. The van der Waals surface area contributed by atoms with Gasteiger partial charge in [-0.3, -0.25) is 19.3 Å². The summed E-state index contributed by atoms with van der Waals surface area (Å²) in [5, 5.41) is 5.98. The lowest BCUT2D eigenvalue weighted by molar-refractivity contribution is -0.144. The third-order valence-electron chi connectivity index (χ3n) is 9.42. The van der Waals surface area contributed by atoms with E-state index in [1.807, 2.05) is 57.5 Å². The quantitative estimate of drug-likeness (QED) is 0.293. The molecule has 3 aliphatic heterocycles. The minimum Gasteiger partial charge on any atom is -0.381 e. The van der Waals surface area contributed by atoms with Gasteiger partial charge in [-0.2, -0.15) is 0 Å². The standard InChI is InChI=1S/C35H51N5O5S/c1-24-31(46-23-37-24)26-12-10-25(11-13-26)21-36-33(42)29-9-6-16-40(29)34(43)32(35(2,3)4)38-30(41)14-19-44-17-7-18-45-28-20-27-8-5-15-39(27)22-28/h10-13,23,27-29,32H,5-9,14-22H2,1-4H3,(H,36,42)(H,38,41). The van der Waals surface area contributed by atoms with Crippen LogP contribution in [0.3, 0.4) is 0 Å². The van der Waals surface area contributed by atoms with Crippen molar-refractivity contribution in [2.75, 3.05) is 39.5 Å². The van der Waals surface area contributed by atoms with E-state index >= 15 is 0 Å². The van der Waals surface area contributed by atoms with Crippen LogP contribution in [0.15, 0.2) is 29.8 Å². The minimum atomic E-state index is -0.744. The Balaban J connectivity index is 1.03. The fourth-order valence-corrected chi connectivity index (χ4v) is 7.66. The summed E-state index contributed by atoms with van der Waals surface area (Å²) in [5.74, 6) is -0.612. The zero-order valence-electron chi connectivity index (χ0n) is 27.9. The Hall–Kier alpha value is -2.86. The van der Waals surface area contributed by atoms with Crippen molar-refractivity contribution in [1.82, 2.24) is 25.4 Å². The van der Waals surface area contributed by atoms with Crippen LogP contribution < -0.4 is 10.6 Å². The van der Waals surface area contributed by atoms with E-state index in [-0.39, 0.29) is 30.7 Å². The van der Waals surface area contributed by atoms with Crippen LogP contribution in [0.5, 0.6) is 0 Å². The van der Waals surface area contributed by atoms with E-state index in [0.717, 1.165) is 47.5 Å². The first-order valence-corrected chi connectivity index (χ1v) is 17.8. The van der Waals surface area contributed by atoms with Crippen molar-refractivity contribution in [1.29, 1.82) is 0 Å². The number of hydrogen-bond donors (Lipinski definition) is 2. The van der Waals surface area contributed by atoms with E-state index in [1.54, 1.807) is 16.2 Å². The summed E-state index contributed by atoms with van der Waals surface area (Å²) in [5.41, 5.74) is 4.41. The molecule has 3 saturated heterocycles. The number of aromatic nitrogens is 1. The highest BCUT2D eigenvalue weighted by atomic mass is 32.1. The number of likely N-dealkylation sites (tertiary alicyclic amines) is 1. The van der Waals surface area contributed by atoms with Crippen molar-refractivity contribution < 1.29 is 23.9 Å². The maximum atomic E-state index is 13.8. The molecule has 3 fully saturated rings. The predicted octanol–water partition coefficient (Wildman–Crippen LogP) is 4.31. The topological polar surface area (TPSA) is 113 Å². The van der Waals surface area contributed by atoms with Gasteiger partial charge in [-0.05, 0) is 68.5 Å². The van der Waals surface area contributed by atoms with Gasteiger partial charge in [-0.1, -0.05) is 45.0 Å². The molecule has 0 spiro atoms. The van der Waals surface area contributed by atoms with Gasteiger partial charge in [0.15, 0.2) is 0 Å². The summed E-state index contributed by atoms with van der Waals surface area (Å²) < 4.78 is 11.8.